The zero-order valence-electron chi connectivity index (χ0n) is 14.6. The smallest absolute Gasteiger partial charge is 0.255 e. The summed E-state index contributed by atoms with van der Waals surface area (Å²) in [5.74, 6) is -0.0377. The van der Waals surface area contributed by atoms with Crippen LogP contribution in [0.5, 0.6) is 0 Å². The largest absolute Gasteiger partial charge is 0.324 e. The summed E-state index contributed by atoms with van der Waals surface area (Å²) >= 11 is 0. The number of nitrogens with one attached hydrogen (secondary N) is 3. The van der Waals surface area contributed by atoms with Gasteiger partial charge in [-0.15, -0.1) is 0 Å². The minimum atomic E-state index is -0.187. The van der Waals surface area contributed by atoms with E-state index < -0.39 is 0 Å². The summed E-state index contributed by atoms with van der Waals surface area (Å²) < 4.78 is 0. The molecule has 1 saturated carbocycles. The van der Waals surface area contributed by atoms with Crippen LogP contribution < -0.4 is 16.0 Å². The molecule has 5 heteroatoms. The fraction of sp³-hybridized carbons (Fsp3) is 0.333. The van der Waals surface area contributed by atoms with E-state index in [0.717, 1.165) is 32.4 Å². The molecule has 0 radical (unpaired) electrons. The quantitative estimate of drug-likeness (QED) is 0.793. The van der Waals surface area contributed by atoms with Crippen molar-refractivity contribution in [3.05, 3.63) is 60.2 Å². The van der Waals surface area contributed by atoms with Crippen molar-refractivity contribution in [1.82, 2.24) is 5.32 Å². The van der Waals surface area contributed by atoms with Gasteiger partial charge in [-0.05, 0) is 62.0 Å². The maximum absolute atomic E-state index is 12.7. The van der Waals surface area contributed by atoms with Crippen molar-refractivity contribution in [2.45, 2.75) is 19.3 Å². The first-order valence-corrected chi connectivity index (χ1v) is 9.15. The number of hydrogen-bond donors (Lipinski definition) is 3. The zero-order chi connectivity index (χ0) is 18.0. The molecule has 5 nitrogen and oxygen atoms in total. The molecule has 0 unspecified atom stereocenters. The van der Waals surface area contributed by atoms with Gasteiger partial charge in [-0.25, -0.2) is 0 Å². The van der Waals surface area contributed by atoms with Gasteiger partial charge in [0.05, 0.1) is 11.4 Å². The standard InChI is InChI=1S/C21H23N3O2/c25-19(15-6-2-1-3-7-15)23-17-8-4-5-9-18(17)24-20(26)16-14-21(16)10-12-22-13-11-21/h1-9,16,22H,10-14H2,(H,23,25)(H,24,26)/t16-/m1/s1. The van der Waals surface area contributed by atoms with Crippen LogP contribution in [0.2, 0.25) is 0 Å². The number of carbonyl (C=O) groups excluding carboxylic acids is 2. The van der Waals surface area contributed by atoms with Crippen LogP contribution in [-0.4, -0.2) is 24.9 Å². The highest BCUT2D eigenvalue weighted by molar-refractivity contribution is 6.07. The van der Waals surface area contributed by atoms with Gasteiger partial charge in [0.2, 0.25) is 5.91 Å². The number of amides is 2. The molecule has 1 heterocycles. The Morgan fingerprint density at radius 3 is 2.19 bits per heavy atom. The predicted molar refractivity (Wildman–Crippen MR) is 102 cm³/mol. The number of benzene rings is 2. The second-order valence-corrected chi connectivity index (χ2v) is 7.22. The SMILES string of the molecule is O=C(Nc1ccccc1NC(=O)[C@H]1CC12CCNCC2)c1ccccc1. The number of carbonyl (C=O) groups is 2. The van der Waals surface area contributed by atoms with Crippen molar-refractivity contribution < 1.29 is 9.59 Å². The van der Waals surface area contributed by atoms with Crippen LogP contribution in [0.4, 0.5) is 11.4 Å². The Labute approximate surface area is 153 Å². The molecule has 2 aromatic carbocycles. The van der Waals surface area contributed by atoms with Crippen LogP contribution in [-0.2, 0) is 4.79 Å². The van der Waals surface area contributed by atoms with Crippen molar-refractivity contribution in [2.24, 2.45) is 11.3 Å². The minimum Gasteiger partial charge on any atom is -0.324 e. The lowest BCUT2D eigenvalue weighted by Crippen LogP contribution is -2.31. The van der Waals surface area contributed by atoms with E-state index >= 15 is 0 Å². The zero-order valence-corrected chi connectivity index (χ0v) is 14.6. The molecule has 1 saturated heterocycles. The molecule has 134 valence electrons. The second-order valence-electron chi connectivity index (χ2n) is 7.22. The van der Waals surface area contributed by atoms with Crippen molar-refractivity contribution in [2.75, 3.05) is 23.7 Å². The molecule has 1 aliphatic heterocycles. The lowest BCUT2D eigenvalue weighted by Gasteiger charge is -2.23. The highest BCUT2D eigenvalue weighted by Gasteiger charge is 2.57. The van der Waals surface area contributed by atoms with Crippen LogP contribution in [0.25, 0.3) is 0 Å². The average molecular weight is 349 g/mol. The van der Waals surface area contributed by atoms with Crippen LogP contribution in [0.3, 0.4) is 0 Å². The first-order chi connectivity index (χ1) is 12.7. The van der Waals surface area contributed by atoms with Crippen LogP contribution in [0.15, 0.2) is 54.6 Å². The number of hydrogen-bond acceptors (Lipinski definition) is 3. The maximum Gasteiger partial charge on any atom is 0.255 e. The predicted octanol–water partition coefficient (Wildman–Crippen LogP) is 3.27. The molecule has 4 rings (SSSR count). The van der Waals surface area contributed by atoms with E-state index in [1.807, 2.05) is 42.5 Å². The van der Waals surface area contributed by atoms with Crippen molar-refractivity contribution >= 4 is 23.2 Å². The van der Waals surface area contributed by atoms with Crippen molar-refractivity contribution in [3.8, 4) is 0 Å². The fourth-order valence-electron chi connectivity index (χ4n) is 3.90. The first-order valence-electron chi connectivity index (χ1n) is 9.15. The van der Waals surface area contributed by atoms with Crippen molar-refractivity contribution in [3.63, 3.8) is 0 Å². The van der Waals surface area contributed by atoms with Gasteiger partial charge < -0.3 is 16.0 Å². The van der Waals surface area contributed by atoms with E-state index in [1.54, 1.807) is 12.1 Å². The van der Waals surface area contributed by atoms with Gasteiger partial charge in [0, 0.05) is 11.5 Å². The molecule has 1 aliphatic carbocycles. The fourth-order valence-corrected chi connectivity index (χ4v) is 3.90. The number of para-hydroxylation sites is 2. The summed E-state index contributed by atoms with van der Waals surface area (Å²) in [7, 11) is 0. The van der Waals surface area contributed by atoms with Crippen molar-refractivity contribution in [1.29, 1.82) is 0 Å². The van der Waals surface area contributed by atoms with E-state index in [4.69, 9.17) is 0 Å². The van der Waals surface area contributed by atoms with Crippen LogP contribution >= 0.6 is 0 Å². The molecular weight excluding hydrogens is 326 g/mol. The van der Waals surface area contributed by atoms with Gasteiger partial charge in [-0.3, -0.25) is 9.59 Å². The van der Waals surface area contributed by atoms with Crippen LogP contribution in [0.1, 0.15) is 29.6 Å². The highest BCUT2D eigenvalue weighted by atomic mass is 16.2. The van der Waals surface area contributed by atoms with Gasteiger partial charge in [0.25, 0.3) is 5.91 Å². The average Bonchev–Trinajstić information content (AvgIpc) is 3.37. The Hall–Kier alpha value is -2.66. The summed E-state index contributed by atoms with van der Waals surface area (Å²) in [6, 6.07) is 16.4. The third kappa shape index (κ3) is 3.35. The Morgan fingerprint density at radius 1 is 0.885 bits per heavy atom. The molecule has 1 atom stereocenters. The monoisotopic (exact) mass is 349 g/mol. The van der Waals surface area contributed by atoms with Crippen LogP contribution in [0, 0.1) is 11.3 Å². The normalized spacial score (nSPS) is 20.4. The summed E-state index contributed by atoms with van der Waals surface area (Å²) in [5, 5.41) is 9.28. The molecule has 2 aromatic rings. The Morgan fingerprint density at radius 2 is 1.50 bits per heavy atom. The summed E-state index contributed by atoms with van der Waals surface area (Å²) in [4.78, 5) is 25.1. The molecule has 2 aliphatic rings. The van der Waals surface area contributed by atoms with Gasteiger partial charge in [-0.2, -0.15) is 0 Å². The van der Waals surface area contributed by atoms with E-state index in [0.29, 0.717) is 16.9 Å². The number of anilines is 2. The number of piperidine rings is 1. The molecule has 3 N–H and O–H groups in total. The topological polar surface area (TPSA) is 70.2 Å². The Bertz CT molecular complexity index is 813. The third-order valence-electron chi connectivity index (χ3n) is 5.57. The molecule has 26 heavy (non-hydrogen) atoms. The lowest BCUT2D eigenvalue weighted by molar-refractivity contribution is -0.118. The van der Waals surface area contributed by atoms with Gasteiger partial charge >= 0.3 is 0 Å². The molecule has 2 fully saturated rings. The Balaban J connectivity index is 1.45. The summed E-state index contributed by atoms with van der Waals surface area (Å²) in [6.07, 6.45) is 3.11. The molecule has 0 bridgehead atoms. The summed E-state index contributed by atoms with van der Waals surface area (Å²) in [5.41, 5.74) is 2.05. The molecular formula is C21H23N3O2. The van der Waals surface area contributed by atoms with E-state index in [-0.39, 0.29) is 23.1 Å². The van der Waals surface area contributed by atoms with Gasteiger partial charge in [0.15, 0.2) is 0 Å². The molecule has 2 amide bonds. The second kappa shape index (κ2) is 6.92. The Kier molecular flexibility index (Phi) is 4.47. The van der Waals surface area contributed by atoms with Gasteiger partial charge in [-0.1, -0.05) is 30.3 Å². The van der Waals surface area contributed by atoms with E-state index in [9.17, 15) is 9.59 Å². The lowest BCUT2D eigenvalue weighted by atomic mass is 9.92. The first kappa shape index (κ1) is 16.8. The molecule has 1 spiro atoms. The van der Waals surface area contributed by atoms with E-state index in [1.165, 1.54) is 0 Å². The van der Waals surface area contributed by atoms with E-state index in [2.05, 4.69) is 16.0 Å². The summed E-state index contributed by atoms with van der Waals surface area (Å²) in [6.45, 7) is 1.99. The number of rotatable bonds is 4. The maximum atomic E-state index is 12.7. The minimum absolute atomic E-state index is 0.0633. The highest BCUT2D eigenvalue weighted by Crippen LogP contribution is 2.58. The van der Waals surface area contributed by atoms with Gasteiger partial charge in [0.1, 0.15) is 0 Å². The molecule has 0 aromatic heterocycles. The third-order valence-corrected chi connectivity index (χ3v) is 5.57.